The number of sulfonamides is 1. The van der Waals surface area contributed by atoms with Crippen LogP contribution in [0.4, 0.5) is 5.69 Å². The molecule has 0 saturated heterocycles. The van der Waals surface area contributed by atoms with Gasteiger partial charge in [-0.15, -0.1) is 0 Å². The lowest BCUT2D eigenvalue weighted by Gasteiger charge is -2.13. The lowest BCUT2D eigenvalue weighted by Crippen LogP contribution is -2.15. The molecular weight excluding hydrogens is 423 g/mol. The average molecular weight is 437 g/mol. The Kier molecular flexibility index (Phi) is 5.13. The van der Waals surface area contributed by atoms with Crippen LogP contribution in [0.5, 0.6) is 0 Å². The van der Waals surface area contributed by atoms with Crippen molar-refractivity contribution in [3.63, 3.8) is 0 Å². The highest BCUT2D eigenvalue weighted by molar-refractivity contribution is 14.1. The van der Waals surface area contributed by atoms with E-state index in [1.54, 1.807) is 25.1 Å². The predicted molar refractivity (Wildman–Crippen MR) is 94.0 cm³/mol. The zero-order chi connectivity index (χ0) is 15.6. The molecule has 0 fully saturated rings. The molecular formula is C14H14ClIN2O2S. The maximum absolute atomic E-state index is 12.5. The molecule has 112 valence electrons. The van der Waals surface area contributed by atoms with Crippen molar-refractivity contribution in [3.05, 3.63) is 56.1 Å². The molecule has 0 saturated carbocycles. The third-order valence-corrected chi connectivity index (χ3v) is 5.48. The predicted octanol–water partition coefficient (Wildman–Crippen LogP) is 3.51. The number of nitrogens with one attached hydrogen (secondary N) is 1. The van der Waals surface area contributed by atoms with Gasteiger partial charge in [0, 0.05) is 20.8 Å². The second-order valence-corrected chi connectivity index (χ2v) is 7.84. The summed E-state index contributed by atoms with van der Waals surface area (Å²) < 4.78 is 28.6. The standard InChI is InChI=1S/C14H14ClIN2O2S/c1-9-10(8-17)6-11(15)7-14(9)21(19,20)18-13-4-2-12(16)3-5-13/h2-7,18H,8,17H2,1H3. The van der Waals surface area contributed by atoms with Crippen molar-refractivity contribution in [1.82, 2.24) is 0 Å². The number of rotatable bonds is 4. The molecule has 0 spiro atoms. The van der Waals surface area contributed by atoms with E-state index in [0.717, 1.165) is 3.57 Å². The van der Waals surface area contributed by atoms with E-state index in [9.17, 15) is 8.42 Å². The Labute approximate surface area is 142 Å². The van der Waals surface area contributed by atoms with Crippen LogP contribution in [0.1, 0.15) is 11.1 Å². The molecule has 0 amide bonds. The van der Waals surface area contributed by atoms with Crippen LogP contribution in [-0.4, -0.2) is 8.42 Å². The molecule has 2 aromatic carbocycles. The Morgan fingerprint density at radius 3 is 2.43 bits per heavy atom. The van der Waals surface area contributed by atoms with Gasteiger partial charge < -0.3 is 5.73 Å². The molecule has 0 heterocycles. The Bertz CT molecular complexity index is 761. The molecule has 0 bridgehead atoms. The van der Waals surface area contributed by atoms with E-state index in [1.807, 2.05) is 12.1 Å². The molecule has 0 aliphatic rings. The summed E-state index contributed by atoms with van der Waals surface area (Å²) in [6.45, 7) is 1.96. The number of anilines is 1. The van der Waals surface area contributed by atoms with E-state index < -0.39 is 10.0 Å². The van der Waals surface area contributed by atoms with Crippen molar-refractivity contribution in [2.75, 3.05) is 4.72 Å². The summed E-state index contributed by atoms with van der Waals surface area (Å²) in [5, 5.41) is 0.351. The van der Waals surface area contributed by atoms with Gasteiger partial charge >= 0.3 is 0 Å². The zero-order valence-electron chi connectivity index (χ0n) is 11.2. The first kappa shape index (κ1) is 16.5. The van der Waals surface area contributed by atoms with Gasteiger partial charge in [0.2, 0.25) is 0 Å². The fourth-order valence-corrected chi connectivity index (χ4v) is 3.97. The molecule has 0 aromatic heterocycles. The third kappa shape index (κ3) is 3.88. The Morgan fingerprint density at radius 2 is 1.86 bits per heavy atom. The topological polar surface area (TPSA) is 72.2 Å². The van der Waals surface area contributed by atoms with Crippen molar-refractivity contribution >= 4 is 49.9 Å². The fraction of sp³-hybridized carbons (Fsp3) is 0.143. The number of halogens is 2. The van der Waals surface area contributed by atoms with Crippen molar-refractivity contribution in [3.8, 4) is 0 Å². The summed E-state index contributed by atoms with van der Waals surface area (Å²) >= 11 is 8.14. The minimum Gasteiger partial charge on any atom is -0.326 e. The molecule has 0 atom stereocenters. The van der Waals surface area contributed by atoms with Crippen LogP contribution in [0.3, 0.4) is 0 Å². The largest absolute Gasteiger partial charge is 0.326 e. The van der Waals surface area contributed by atoms with Crippen molar-refractivity contribution in [1.29, 1.82) is 0 Å². The van der Waals surface area contributed by atoms with E-state index >= 15 is 0 Å². The molecule has 2 aromatic rings. The number of hydrogen-bond acceptors (Lipinski definition) is 3. The van der Waals surface area contributed by atoms with Gasteiger partial charge in [-0.05, 0) is 77.0 Å². The van der Waals surface area contributed by atoms with E-state index in [-0.39, 0.29) is 11.4 Å². The quantitative estimate of drug-likeness (QED) is 0.721. The van der Waals surface area contributed by atoms with E-state index in [2.05, 4.69) is 27.3 Å². The van der Waals surface area contributed by atoms with E-state index in [1.165, 1.54) is 6.07 Å². The molecule has 2 rings (SSSR count). The van der Waals surface area contributed by atoms with Crippen molar-refractivity contribution in [2.24, 2.45) is 5.73 Å². The average Bonchev–Trinajstić information content (AvgIpc) is 2.43. The van der Waals surface area contributed by atoms with Crippen LogP contribution >= 0.6 is 34.2 Å². The van der Waals surface area contributed by atoms with Gasteiger partial charge in [0.15, 0.2) is 0 Å². The highest BCUT2D eigenvalue weighted by Gasteiger charge is 2.19. The SMILES string of the molecule is Cc1c(CN)cc(Cl)cc1S(=O)(=O)Nc1ccc(I)cc1. The highest BCUT2D eigenvalue weighted by Crippen LogP contribution is 2.26. The van der Waals surface area contributed by atoms with E-state index in [4.69, 9.17) is 17.3 Å². The molecule has 3 N–H and O–H groups in total. The molecule has 0 unspecified atom stereocenters. The second kappa shape index (κ2) is 6.51. The van der Waals surface area contributed by atoms with Gasteiger partial charge in [0.25, 0.3) is 10.0 Å². The lowest BCUT2D eigenvalue weighted by molar-refractivity contribution is 0.600. The van der Waals surface area contributed by atoms with Crippen LogP contribution < -0.4 is 10.5 Å². The summed E-state index contributed by atoms with van der Waals surface area (Å²) in [5.74, 6) is 0. The van der Waals surface area contributed by atoms with Crippen LogP contribution in [0.25, 0.3) is 0 Å². The molecule has 0 radical (unpaired) electrons. The molecule has 4 nitrogen and oxygen atoms in total. The van der Waals surface area contributed by atoms with Gasteiger partial charge in [-0.1, -0.05) is 11.6 Å². The minimum absolute atomic E-state index is 0.147. The normalized spacial score (nSPS) is 11.4. The zero-order valence-corrected chi connectivity index (χ0v) is 15.0. The van der Waals surface area contributed by atoms with Crippen molar-refractivity contribution in [2.45, 2.75) is 18.4 Å². The van der Waals surface area contributed by atoms with Crippen LogP contribution in [-0.2, 0) is 16.6 Å². The Morgan fingerprint density at radius 1 is 1.24 bits per heavy atom. The summed E-state index contributed by atoms with van der Waals surface area (Å²) in [5.41, 5.74) is 7.45. The first-order valence-electron chi connectivity index (χ1n) is 6.11. The van der Waals surface area contributed by atoms with Crippen molar-refractivity contribution < 1.29 is 8.42 Å². The number of nitrogens with two attached hydrogens (primary N) is 1. The second-order valence-electron chi connectivity index (χ2n) is 4.50. The molecule has 0 aliphatic heterocycles. The summed E-state index contributed by atoms with van der Waals surface area (Å²) in [6.07, 6.45) is 0. The summed E-state index contributed by atoms with van der Waals surface area (Å²) in [4.78, 5) is 0.147. The van der Waals surface area contributed by atoms with Crippen LogP contribution in [0.15, 0.2) is 41.3 Å². The van der Waals surface area contributed by atoms with Gasteiger partial charge in [-0.2, -0.15) is 0 Å². The maximum Gasteiger partial charge on any atom is 0.262 e. The third-order valence-electron chi connectivity index (χ3n) is 3.04. The van der Waals surface area contributed by atoms with Gasteiger partial charge in [-0.25, -0.2) is 8.42 Å². The van der Waals surface area contributed by atoms with Gasteiger partial charge in [0.05, 0.1) is 4.90 Å². The Hall–Kier alpha value is -0.830. The van der Waals surface area contributed by atoms with Crippen LogP contribution in [0.2, 0.25) is 5.02 Å². The Balaban J connectivity index is 2.44. The minimum atomic E-state index is -3.70. The molecule has 21 heavy (non-hydrogen) atoms. The smallest absolute Gasteiger partial charge is 0.262 e. The first-order valence-corrected chi connectivity index (χ1v) is 9.05. The van der Waals surface area contributed by atoms with Gasteiger partial charge in [0.1, 0.15) is 0 Å². The van der Waals surface area contributed by atoms with E-state index in [0.29, 0.717) is 21.8 Å². The molecule has 7 heteroatoms. The monoisotopic (exact) mass is 436 g/mol. The maximum atomic E-state index is 12.5. The number of benzene rings is 2. The summed E-state index contributed by atoms with van der Waals surface area (Å²) in [6, 6.07) is 10.2. The molecule has 0 aliphatic carbocycles. The highest BCUT2D eigenvalue weighted by atomic mass is 127. The summed E-state index contributed by atoms with van der Waals surface area (Å²) in [7, 11) is -3.70. The fourth-order valence-electron chi connectivity index (χ4n) is 1.93. The van der Waals surface area contributed by atoms with Crippen LogP contribution in [0, 0.1) is 10.5 Å². The lowest BCUT2D eigenvalue weighted by atomic mass is 10.1. The first-order chi connectivity index (χ1) is 9.83. The van der Waals surface area contributed by atoms with Gasteiger partial charge in [-0.3, -0.25) is 4.72 Å². The number of hydrogen-bond donors (Lipinski definition) is 2.